The van der Waals surface area contributed by atoms with E-state index in [-0.39, 0.29) is 6.61 Å². The van der Waals surface area contributed by atoms with E-state index in [1.165, 1.54) is 12.1 Å². The van der Waals surface area contributed by atoms with Crippen LogP contribution in [0.3, 0.4) is 0 Å². The number of nitrogens with one attached hydrogen (secondary N) is 1. The van der Waals surface area contributed by atoms with Crippen LogP contribution in [0.15, 0.2) is 42.5 Å². The molecule has 2 rings (SSSR count). The molecule has 0 aliphatic heterocycles. The Hall–Kier alpha value is -2.10. The summed E-state index contributed by atoms with van der Waals surface area (Å²) in [5, 5.41) is 2.99. The van der Waals surface area contributed by atoms with Crippen LogP contribution in [0.1, 0.15) is 5.56 Å². The van der Waals surface area contributed by atoms with Gasteiger partial charge in [0.25, 0.3) is 0 Å². The van der Waals surface area contributed by atoms with E-state index in [1.807, 2.05) is 19.2 Å². The van der Waals surface area contributed by atoms with E-state index in [0.717, 1.165) is 11.8 Å². The molecule has 2 nitrogen and oxygen atoms in total. The summed E-state index contributed by atoms with van der Waals surface area (Å²) >= 11 is 0. The molecule has 0 spiro atoms. The van der Waals surface area contributed by atoms with Crippen molar-refractivity contribution in [1.29, 1.82) is 0 Å². The molecule has 2 aromatic rings. The van der Waals surface area contributed by atoms with Crippen molar-refractivity contribution in [2.45, 2.75) is 6.61 Å². The second kappa shape index (κ2) is 5.49. The zero-order chi connectivity index (χ0) is 13.0. The lowest BCUT2D eigenvalue weighted by atomic mass is 10.2. The molecule has 0 unspecified atom stereocenters. The first-order chi connectivity index (χ1) is 8.69. The second-order valence-electron chi connectivity index (χ2n) is 3.80. The first-order valence-corrected chi connectivity index (χ1v) is 5.53. The number of hydrogen-bond acceptors (Lipinski definition) is 2. The molecule has 0 heterocycles. The summed E-state index contributed by atoms with van der Waals surface area (Å²) in [4.78, 5) is 0. The number of ether oxygens (including phenoxy) is 1. The molecule has 0 aromatic heterocycles. The smallest absolute Gasteiger partial charge is 0.132 e. The fourth-order valence-electron chi connectivity index (χ4n) is 1.52. The average molecular weight is 249 g/mol. The molecule has 0 saturated heterocycles. The van der Waals surface area contributed by atoms with Crippen molar-refractivity contribution in [3.05, 3.63) is 59.7 Å². The van der Waals surface area contributed by atoms with Crippen LogP contribution in [0.4, 0.5) is 14.5 Å². The fourth-order valence-corrected chi connectivity index (χ4v) is 1.52. The highest BCUT2D eigenvalue weighted by Gasteiger charge is 2.04. The third-order valence-electron chi connectivity index (χ3n) is 2.55. The summed E-state index contributed by atoms with van der Waals surface area (Å²) in [6.07, 6.45) is 0. The summed E-state index contributed by atoms with van der Waals surface area (Å²) in [6.45, 7) is 0.0744. The van der Waals surface area contributed by atoms with Crippen LogP contribution < -0.4 is 10.1 Å². The molecule has 2 aromatic carbocycles. The van der Waals surface area contributed by atoms with Crippen LogP contribution in [0.25, 0.3) is 0 Å². The fraction of sp³-hybridized carbons (Fsp3) is 0.143. The lowest BCUT2D eigenvalue weighted by Crippen LogP contribution is -1.99. The minimum Gasteiger partial charge on any atom is -0.489 e. The van der Waals surface area contributed by atoms with Gasteiger partial charge >= 0.3 is 0 Å². The van der Waals surface area contributed by atoms with Crippen LogP contribution in [0.2, 0.25) is 0 Å². The van der Waals surface area contributed by atoms with Crippen molar-refractivity contribution in [2.75, 3.05) is 12.4 Å². The molecular formula is C14H13F2NO. The normalized spacial score (nSPS) is 10.2. The first-order valence-electron chi connectivity index (χ1n) is 5.53. The van der Waals surface area contributed by atoms with Gasteiger partial charge < -0.3 is 10.1 Å². The molecule has 0 amide bonds. The van der Waals surface area contributed by atoms with E-state index in [2.05, 4.69) is 5.32 Å². The summed E-state index contributed by atoms with van der Waals surface area (Å²) in [7, 11) is 1.82. The molecule has 0 saturated carbocycles. The predicted molar refractivity (Wildman–Crippen MR) is 66.7 cm³/mol. The number of hydrogen-bond donors (Lipinski definition) is 1. The first kappa shape index (κ1) is 12.4. The third kappa shape index (κ3) is 2.97. The van der Waals surface area contributed by atoms with Gasteiger partial charge in [0, 0.05) is 24.4 Å². The van der Waals surface area contributed by atoms with Crippen LogP contribution in [0, 0.1) is 11.6 Å². The number of halogens is 2. The van der Waals surface area contributed by atoms with Crippen molar-refractivity contribution in [2.24, 2.45) is 0 Å². The summed E-state index contributed by atoms with van der Waals surface area (Å²) in [5.74, 6) is -0.547. The SMILES string of the molecule is CNc1ccc(OCc2ccc(F)cc2F)cc1. The van der Waals surface area contributed by atoms with Crippen LogP contribution >= 0.6 is 0 Å². The minimum absolute atomic E-state index is 0.0744. The van der Waals surface area contributed by atoms with Gasteiger partial charge in [-0.15, -0.1) is 0 Å². The van der Waals surface area contributed by atoms with Crippen molar-refractivity contribution in [1.82, 2.24) is 0 Å². The van der Waals surface area contributed by atoms with E-state index < -0.39 is 11.6 Å². The van der Waals surface area contributed by atoms with Gasteiger partial charge in [0.2, 0.25) is 0 Å². The molecule has 0 bridgehead atoms. The average Bonchev–Trinajstić information content (AvgIpc) is 2.38. The lowest BCUT2D eigenvalue weighted by molar-refractivity contribution is 0.299. The zero-order valence-corrected chi connectivity index (χ0v) is 9.91. The van der Waals surface area contributed by atoms with Crippen molar-refractivity contribution >= 4 is 5.69 Å². The third-order valence-corrected chi connectivity index (χ3v) is 2.55. The van der Waals surface area contributed by atoms with Gasteiger partial charge in [-0.3, -0.25) is 0 Å². The van der Waals surface area contributed by atoms with E-state index in [0.29, 0.717) is 11.3 Å². The van der Waals surface area contributed by atoms with E-state index >= 15 is 0 Å². The molecule has 4 heteroatoms. The maximum absolute atomic E-state index is 13.3. The Morgan fingerprint density at radius 2 is 1.78 bits per heavy atom. The molecule has 0 atom stereocenters. The minimum atomic E-state index is -0.596. The number of benzene rings is 2. The Morgan fingerprint density at radius 1 is 1.06 bits per heavy atom. The maximum atomic E-state index is 13.3. The highest BCUT2D eigenvalue weighted by molar-refractivity contribution is 5.45. The lowest BCUT2D eigenvalue weighted by Gasteiger charge is -2.08. The van der Waals surface area contributed by atoms with Crippen LogP contribution in [0.5, 0.6) is 5.75 Å². The van der Waals surface area contributed by atoms with Crippen LogP contribution in [-0.4, -0.2) is 7.05 Å². The van der Waals surface area contributed by atoms with Crippen molar-refractivity contribution < 1.29 is 13.5 Å². The maximum Gasteiger partial charge on any atom is 0.132 e. The quantitative estimate of drug-likeness (QED) is 0.894. The van der Waals surface area contributed by atoms with Gasteiger partial charge in [0.15, 0.2) is 0 Å². The van der Waals surface area contributed by atoms with Gasteiger partial charge in [-0.1, -0.05) is 0 Å². The predicted octanol–water partition coefficient (Wildman–Crippen LogP) is 3.59. The topological polar surface area (TPSA) is 21.3 Å². The molecule has 94 valence electrons. The number of anilines is 1. The van der Waals surface area contributed by atoms with E-state index in [9.17, 15) is 8.78 Å². The standard InChI is InChI=1S/C14H13F2NO/c1-17-12-4-6-13(7-5-12)18-9-10-2-3-11(15)8-14(10)16/h2-8,17H,9H2,1H3. The van der Waals surface area contributed by atoms with Gasteiger partial charge in [-0.25, -0.2) is 8.78 Å². The van der Waals surface area contributed by atoms with Crippen LogP contribution in [-0.2, 0) is 6.61 Å². The summed E-state index contributed by atoms with van der Waals surface area (Å²) in [6, 6.07) is 10.7. The molecule has 0 radical (unpaired) electrons. The molecule has 18 heavy (non-hydrogen) atoms. The van der Waals surface area contributed by atoms with E-state index in [1.54, 1.807) is 12.1 Å². The summed E-state index contributed by atoms with van der Waals surface area (Å²) < 4.78 is 31.5. The summed E-state index contributed by atoms with van der Waals surface area (Å²) in [5.41, 5.74) is 1.30. The highest BCUT2D eigenvalue weighted by atomic mass is 19.1. The molecule has 0 aliphatic rings. The van der Waals surface area contributed by atoms with Gasteiger partial charge in [0.05, 0.1) is 0 Å². The highest BCUT2D eigenvalue weighted by Crippen LogP contribution is 2.17. The van der Waals surface area contributed by atoms with Crippen molar-refractivity contribution in [3.63, 3.8) is 0 Å². The molecule has 1 N–H and O–H groups in total. The molecule has 0 fully saturated rings. The molecular weight excluding hydrogens is 236 g/mol. The van der Waals surface area contributed by atoms with Gasteiger partial charge in [-0.2, -0.15) is 0 Å². The monoisotopic (exact) mass is 249 g/mol. The Morgan fingerprint density at radius 3 is 2.39 bits per heavy atom. The Kier molecular flexibility index (Phi) is 3.77. The zero-order valence-electron chi connectivity index (χ0n) is 9.91. The van der Waals surface area contributed by atoms with Gasteiger partial charge in [0.1, 0.15) is 24.0 Å². The largest absolute Gasteiger partial charge is 0.489 e. The Labute approximate surface area is 104 Å². The molecule has 0 aliphatic carbocycles. The Bertz CT molecular complexity index is 526. The van der Waals surface area contributed by atoms with Crippen molar-refractivity contribution in [3.8, 4) is 5.75 Å². The Balaban J connectivity index is 2.02. The number of rotatable bonds is 4. The second-order valence-corrected chi connectivity index (χ2v) is 3.80. The van der Waals surface area contributed by atoms with Gasteiger partial charge in [-0.05, 0) is 36.4 Å². The van der Waals surface area contributed by atoms with E-state index in [4.69, 9.17) is 4.74 Å².